The monoisotopic (exact) mass is 621 g/mol. The van der Waals surface area contributed by atoms with Gasteiger partial charge in [0.15, 0.2) is 5.69 Å². The number of carbonyl (C=O) groups is 3. The molecule has 1 saturated heterocycles. The first-order chi connectivity index (χ1) is 20.6. The number of carboxylic acid groups (broad SMARTS) is 1. The van der Waals surface area contributed by atoms with Crippen LogP contribution in [-0.2, 0) is 14.3 Å². The third-order valence-corrected chi connectivity index (χ3v) is 9.35. The molecule has 0 unspecified atom stereocenters. The van der Waals surface area contributed by atoms with Crippen LogP contribution in [0.1, 0.15) is 114 Å². The number of likely N-dealkylation sites (tertiary alicyclic amines) is 1. The normalized spacial score (nSPS) is 18.4. The summed E-state index contributed by atoms with van der Waals surface area (Å²) in [5, 5.41) is 14.7. The Morgan fingerprint density at radius 2 is 2.00 bits per heavy atom. The summed E-state index contributed by atoms with van der Waals surface area (Å²) in [7, 11) is 0. The summed E-state index contributed by atoms with van der Waals surface area (Å²) in [6, 6.07) is -1.35. The number of nitrogens with zero attached hydrogens (tertiary/aromatic N) is 3. The van der Waals surface area contributed by atoms with Crippen LogP contribution in [0.3, 0.4) is 0 Å². The molecule has 5 atom stereocenters. The zero-order valence-corrected chi connectivity index (χ0v) is 27.8. The van der Waals surface area contributed by atoms with Crippen LogP contribution in [0.4, 0.5) is 0 Å². The minimum Gasteiger partial charge on any atom is -0.476 e. The van der Waals surface area contributed by atoms with Gasteiger partial charge in [0, 0.05) is 38.0 Å². The third-order valence-electron chi connectivity index (χ3n) is 8.41. The highest BCUT2D eigenvalue weighted by molar-refractivity contribution is 7.09. The zero-order valence-electron chi connectivity index (χ0n) is 27.0. The summed E-state index contributed by atoms with van der Waals surface area (Å²) in [4.78, 5) is 48.1. The second-order valence-corrected chi connectivity index (χ2v) is 12.6. The van der Waals surface area contributed by atoms with E-state index in [4.69, 9.17) is 10.5 Å². The Bertz CT molecular complexity index is 1030. The lowest BCUT2D eigenvalue weighted by Crippen LogP contribution is -2.59. The maximum atomic E-state index is 14.6. The van der Waals surface area contributed by atoms with Gasteiger partial charge in [-0.1, -0.05) is 65.0 Å². The Balaban J connectivity index is 2.41. The van der Waals surface area contributed by atoms with Gasteiger partial charge < -0.3 is 25.8 Å². The van der Waals surface area contributed by atoms with E-state index in [0.29, 0.717) is 37.7 Å². The summed E-state index contributed by atoms with van der Waals surface area (Å²) in [6.07, 6.45) is 7.36. The smallest absolute Gasteiger partial charge is 0.355 e. The van der Waals surface area contributed by atoms with E-state index in [2.05, 4.69) is 28.7 Å². The first kappa shape index (κ1) is 36.8. The van der Waals surface area contributed by atoms with Crippen LogP contribution in [0, 0.1) is 5.92 Å². The second kappa shape index (κ2) is 19.1. The van der Waals surface area contributed by atoms with Gasteiger partial charge in [0.1, 0.15) is 17.2 Å². The minimum absolute atomic E-state index is 0.0185. The van der Waals surface area contributed by atoms with E-state index in [1.54, 1.807) is 0 Å². The van der Waals surface area contributed by atoms with E-state index in [-0.39, 0.29) is 35.5 Å². The average Bonchev–Trinajstić information content (AvgIpc) is 3.49. The number of aromatic carboxylic acids is 1. The van der Waals surface area contributed by atoms with E-state index in [9.17, 15) is 19.5 Å². The molecule has 0 spiro atoms. The number of amides is 2. The van der Waals surface area contributed by atoms with Crippen molar-refractivity contribution in [3.05, 3.63) is 28.2 Å². The topological polar surface area (TPSA) is 138 Å². The Morgan fingerprint density at radius 1 is 1.26 bits per heavy atom. The van der Waals surface area contributed by atoms with E-state index in [0.717, 1.165) is 63.5 Å². The predicted octanol–water partition coefficient (Wildman–Crippen LogP) is 5.01. The largest absolute Gasteiger partial charge is 0.476 e. The number of hydrogen-bond donors (Lipinski definition) is 3. The summed E-state index contributed by atoms with van der Waals surface area (Å²) in [5.41, 5.74) is 6.63. The van der Waals surface area contributed by atoms with Gasteiger partial charge in [0.25, 0.3) is 0 Å². The molecule has 0 aromatic carbocycles. The fourth-order valence-corrected chi connectivity index (χ4v) is 6.59. The van der Waals surface area contributed by atoms with Crippen molar-refractivity contribution < 1.29 is 24.2 Å². The molecular formula is C32H55N5O5S. The van der Waals surface area contributed by atoms with E-state index >= 15 is 0 Å². The number of carbonyl (C=O) groups excluding carboxylic acids is 2. The molecule has 2 rings (SSSR count). The highest BCUT2D eigenvalue weighted by Gasteiger charge is 2.38. The molecule has 244 valence electrons. The molecule has 10 nitrogen and oxygen atoms in total. The summed E-state index contributed by atoms with van der Waals surface area (Å²) in [5.74, 6) is -1.39. The van der Waals surface area contributed by atoms with E-state index in [1.807, 2.05) is 32.6 Å². The van der Waals surface area contributed by atoms with Gasteiger partial charge in [0.2, 0.25) is 11.8 Å². The van der Waals surface area contributed by atoms with Crippen molar-refractivity contribution in [3.8, 4) is 0 Å². The molecule has 1 fully saturated rings. The van der Waals surface area contributed by atoms with Crippen molar-refractivity contribution >= 4 is 29.1 Å². The van der Waals surface area contributed by atoms with Gasteiger partial charge in [0.05, 0.1) is 12.1 Å². The van der Waals surface area contributed by atoms with Crippen molar-refractivity contribution in [1.29, 1.82) is 0 Å². The number of piperidine rings is 1. The molecule has 1 aromatic rings. The van der Waals surface area contributed by atoms with Gasteiger partial charge in [-0.05, 0) is 45.6 Å². The molecule has 2 amide bonds. The number of carboxylic acids is 1. The molecule has 0 radical (unpaired) electrons. The van der Waals surface area contributed by atoms with Crippen molar-refractivity contribution in [3.63, 3.8) is 0 Å². The summed E-state index contributed by atoms with van der Waals surface area (Å²) >= 11 is 1.25. The Morgan fingerprint density at radius 3 is 2.58 bits per heavy atom. The fraction of sp³-hybridized carbons (Fsp3) is 0.750. The number of nitrogens with two attached hydrogens (primary N) is 1. The lowest BCUT2D eigenvalue weighted by Gasteiger charge is -2.39. The van der Waals surface area contributed by atoms with Crippen LogP contribution in [-0.4, -0.2) is 88.6 Å². The summed E-state index contributed by atoms with van der Waals surface area (Å²) in [6.45, 7) is 17.2. The van der Waals surface area contributed by atoms with Crippen LogP contribution >= 0.6 is 11.3 Å². The van der Waals surface area contributed by atoms with Crippen molar-refractivity contribution in [1.82, 2.24) is 20.1 Å². The first-order valence-corrected chi connectivity index (χ1v) is 17.0. The quantitative estimate of drug-likeness (QED) is 0.137. The molecule has 0 bridgehead atoms. The maximum Gasteiger partial charge on any atom is 0.355 e. The van der Waals surface area contributed by atoms with Crippen LogP contribution < -0.4 is 11.1 Å². The molecule has 43 heavy (non-hydrogen) atoms. The molecule has 1 aliphatic rings. The molecule has 2 heterocycles. The number of aromatic nitrogens is 1. The maximum absolute atomic E-state index is 14.6. The van der Waals surface area contributed by atoms with Crippen molar-refractivity contribution in [2.24, 2.45) is 11.7 Å². The number of rotatable bonds is 20. The lowest BCUT2D eigenvalue weighted by atomic mass is 9.93. The van der Waals surface area contributed by atoms with Gasteiger partial charge in [-0.25, -0.2) is 9.78 Å². The highest BCUT2D eigenvalue weighted by atomic mass is 32.1. The van der Waals surface area contributed by atoms with Gasteiger partial charge >= 0.3 is 5.97 Å². The number of ether oxygens (including phenoxy) is 1. The molecule has 0 aliphatic carbocycles. The van der Waals surface area contributed by atoms with Crippen LogP contribution in [0.15, 0.2) is 17.5 Å². The van der Waals surface area contributed by atoms with Gasteiger partial charge in [-0.15, -0.1) is 11.3 Å². The molecule has 0 saturated carbocycles. The molecule has 4 N–H and O–H groups in total. The molecular weight excluding hydrogens is 566 g/mol. The highest BCUT2D eigenvalue weighted by Crippen LogP contribution is 2.31. The lowest BCUT2D eigenvalue weighted by molar-refractivity contribution is -0.141. The van der Waals surface area contributed by atoms with Gasteiger partial charge in [-0.2, -0.15) is 0 Å². The Hall–Kier alpha value is -2.34. The number of thiazole rings is 1. The average molecular weight is 622 g/mol. The Kier molecular flexibility index (Phi) is 16.4. The van der Waals surface area contributed by atoms with Crippen LogP contribution in [0.5, 0.6) is 0 Å². The van der Waals surface area contributed by atoms with Crippen molar-refractivity contribution in [2.75, 3.05) is 32.8 Å². The zero-order chi connectivity index (χ0) is 31.9. The van der Waals surface area contributed by atoms with Crippen LogP contribution in [0.2, 0.25) is 0 Å². The van der Waals surface area contributed by atoms with E-state index < -0.39 is 18.1 Å². The standard InChI is InChI=1S/C32H55N5O5S/c1-7-10-11-13-18-37(26(22(4)5)20-27(42-9-3)30-34-24(21-43-30)32(40)41)31(39)28(23(6)8-2)35-29(38)25-15-12-14-17-36(25)19-16-33/h21,23,25-28H,4,7-20,33H2,1-3,5-6H3,(H,35,38)(H,40,41)/t23-,25+,26+,27+,28-/m0/s1. The van der Waals surface area contributed by atoms with Gasteiger partial charge in [-0.3, -0.25) is 14.5 Å². The predicted molar refractivity (Wildman–Crippen MR) is 172 cm³/mol. The molecule has 11 heteroatoms. The molecule has 1 aromatic heterocycles. The number of hydrogen-bond acceptors (Lipinski definition) is 8. The first-order valence-electron chi connectivity index (χ1n) is 16.1. The number of nitrogens with one attached hydrogen (secondary N) is 1. The SMILES string of the molecule is C=C(C)[C@@H](C[C@@H](OCC)c1nc(C(=O)O)cs1)N(CCCCCC)C(=O)[C@@H](NC(=O)[C@H]1CCCCN1CCN)[C@@H](C)CC. The molecule has 1 aliphatic heterocycles. The fourth-order valence-electron chi connectivity index (χ4n) is 5.73. The van der Waals surface area contributed by atoms with E-state index in [1.165, 1.54) is 16.7 Å². The second-order valence-electron chi connectivity index (χ2n) is 11.7. The number of unbranched alkanes of at least 4 members (excludes halogenated alkanes) is 3. The Labute approximate surface area is 262 Å². The van der Waals surface area contributed by atoms with Crippen LogP contribution in [0.25, 0.3) is 0 Å². The third kappa shape index (κ3) is 11.0. The van der Waals surface area contributed by atoms with Crippen molar-refractivity contribution in [2.45, 2.75) is 117 Å². The minimum atomic E-state index is -1.09. The summed E-state index contributed by atoms with van der Waals surface area (Å²) < 4.78 is 6.07.